The molecule has 84 valence electrons. The predicted octanol–water partition coefficient (Wildman–Crippen LogP) is 4.50. The molecule has 0 aliphatic heterocycles. The highest BCUT2D eigenvalue weighted by Gasteiger charge is 2.20. The van der Waals surface area contributed by atoms with E-state index in [-0.39, 0.29) is 5.41 Å². The van der Waals surface area contributed by atoms with Crippen LogP contribution in [0.4, 0.5) is 0 Å². The average molecular weight is 212 g/mol. The predicted molar refractivity (Wildman–Crippen MR) is 71.6 cm³/mol. The molecule has 0 nitrogen and oxygen atoms in total. The third-order valence-corrected chi connectivity index (χ3v) is 3.28. The molecule has 0 fully saturated rings. The molecular weight excluding hydrogens is 192 g/mol. The minimum atomic E-state index is 0.214. The first kappa shape index (κ1) is 11.2. The fourth-order valence-corrected chi connectivity index (χ4v) is 2.35. The summed E-state index contributed by atoms with van der Waals surface area (Å²) in [6.07, 6.45) is 6.58. The Kier molecular flexibility index (Phi) is 2.75. The SMILES string of the molecule is C=CC1=Cc2c(cccc2C(C)(C)C)CC1. The Morgan fingerprint density at radius 2 is 1.94 bits per heavy atom. The fraction of sp³-hybridized carbons (Fsp3) is 0.375. The topological polar surface area (TPSA) is 0 Å². The van der Waals surface area contributed by atoms with Crippen LogP contribution in [-0.2, 0) is 11.8 Å². The second-order valence-electron chi connectivity index (χ2n) is 5.55. The van der Waals surface area contributed by atoms with Gasteiger partial charge >= 0.3 is 0 Å². The maximum atomic E-state index is 3.88. The second-order valence-corrected chi connectivity index (χ2v) is 5.55. The van der Waals surface area contributed by atoms with Gasteiger partial charge in [-0.3, -0.25) is 0 Å². The van der Waals surface area contributed by atoms with E-state index in [4.69, 9.17) is 0 Å². The molecule has 16 heavy (non-hydrogen) atoms. The molecule has 1 aliphatic carbocycles. The molecule has 0 bridgehead atoms. The van der Waals surface area contributed by atoms with Crippen LogP contribution in [0.15, 0.2) is 36.4 Å². The average Bonchev–Trinajstić information content (AvgIpc) is 2.26. The van der Waals surface area contributed by atoms with Gasteiger partial charge in [0.1, 0.15) is 0 Å². The molecular formula is C16H20. The first-order valence-corrected chi connectivity index (χ1v) is 5.98. The largest absolute Gasteiger partial charge is 0.0988 e. The molecule has 0 N–H and O–H groups in total. The zero-order valence-electron chi connectivity index (χ0n) is 10.5. The van der Waals surface area contributed by atoms with Gasteiger partial charge in [0, 0.05) is 0 Å². The molecule has 0 saturated carbocycles. The van der Waals surface area contributed by atoms with Crippen LogP contribution >= 0.6 is 0 Å². The minimum Gasteiger partial charge on any atom is -0.0988 e. The van der Waals surface area contributed by atoms with Crippen molar-refractivity contribution < 1.29 is 0 Å². The highest BCUT2D eigenvalue weighted by molar-refractivity contribution is 5.66. The third-order valence-electron chi connectivity index (χ3n) is 3.28. The third kappa shape index (κ3) is 1.97. The number of fused-ring (bicyclic) bond motifs is 1. The molecule has 0 aromatic heterocycles. The molecule has 0 atom stereocenters. The van der Waals surface area contributed by atoms with Crippen LogP contribution < -0.4 is 0 Å². The van der Waals surface area contributed by atoms with Crippen molar-refractivity contribution in [3.05, 3.63) is 53.1 Å². The Balaban J connectivity index is 2.60. The van der Waals surface area contributed by atoms with E-state index in [0.29, 0.717) is 0 Å². The van der Waals surface area contributed by atoms with E-state index in [1.54, 1.807) is 0 Å². The quantitative estimate of drug-likeness (QED) is 0.643. The summed E-state index contributed by atoms with van der Waals surface area (Å²) in [4.78, 5) is 0. The molecule has 2 rings (SSSR count). The lowest BCUT2D eigenvalue weighted by Gasteiger charge is -2.26. The molecule has 0 unspecified atom stereocenters. The van der Waals surface area contributed by atoms with Crippen LogP contribution in [0, 0.1) is 0 Å². The summed E-state index contributed by atoms with van der Waals surface area (Å²) in [5.74, 6) is 0. The summed E-state index contributed by atoms with van der Waals surface area (Å²) in [7, 11) is 0. The van der Waals surface area contributed by atoms with Gasteiger partial charge in [-0.2, -0.15) is 0 Å². The molecule has 0 saturated heterocycles. The highest BCUT2D eigenvalue weighted by Crippen LogP contribution is 2.33. The zero-order valence-corrected chi connectivity index (χ0v) is 10.5. The van der Waals surface area contributed by atoms with Gasteiger partial charge in [0.15, 0.2) is 0 Å². The normalized spacial score (nSPS) is 15.3. The summed E-state index contributed by atoms with van der Waals surface area (Å²) >= 11 is 0. The Hall–Kier alpha value is -1.30. The summed E-state index contributed by atoms with van der Waals surface area (Å²) in [5.41, 5.74) is 5.94. The van der Waals surface area contributed by atoms with Crippen LogP contribution in [0.25, 0.3) is 6.08 Å². The van der Waals surface area contributed by atoms with E-state index in [1.807, 2.05) is 6.08 Å². The Morgan fingerprint density at radius 1 is 1.19 bits per heavy atom. The monoisotopic (exact) mass is 212 g/mol. The molecule has 1 aromatic carbocycles. The maximum Gasteiger partial charge on any atom is -0.0126 e. The van der Waals surface area contributed by atoms with Crippen LogP contribution in [0.1, 0.15) is 43.9 Å². The Labute approximate surface area is 98.7 Å². The van der Waals surface area contributed by atoms with Crippen molar-refractivity contribution in [1.82, 2.24) is 0 Å². The van der Waals surface area contributed by atoms with Gasteiger partial charge in [-0.05, 0) is 40.5 Å². The van der Waals surface area contributed by atoms with E-state index < -0.39 is 0 Å². The van der Waals surface area contributed by atoms with Gasteiger partial charge in [0.25, 0.3) is 0 Å². The lowest BCUT2D eigenvalue weighted by molar-refractivity contribution is 0.587. The van der Waals surface area contributed by atoms with Gasteiger partial charge in [0.2, 0.25) is 0 Å². The van der Waals surface area contributed by atoms with E-state index >= 15 is 0 Å². The minimum absolute atomic E-state index is 0.214. The fourth-order valence-electron chi connectivity index (χ4n) is 2.35. The van der Waals surface area contributed by atoms with Crippen molar-refractivity contribution in [2.75, 3.05) is 0 Å². The highest BCUT2D eigenvalue weighted by atomic mass is 14.2. The van der Waals surface area contributed by atoms with Gasteiger partial charge in [-0.1, -0.05) is 57.7 Å². The summed E-state index contributed by atoms with van der Waals surface area (Å²) < 4.78 is 0. The van der Waals surface area contributed by atoms with Crippen molar-refractivity contribution in [2.24, 2.45) is 0 Å². The van der Waals surface area contributed by atoms with Crippen molar-refractivity contribution in [3.63, 3.8) is 0 Å². The van der Waals surface area contributed by atoms with Gasteiger partial charge in [-0.15, -0.1) is 0 Å². The number of rotatable bonds is 1. The van der Waals surface area contributed by atoms with Crippen LogP contribution in [0.5, 0.6) is 0 Å². The summed E-state index contributed by atoms with van der Waals surface area (Å²) in [5, 5.41) is 0. The van der Waals surface area contributed by atoms with Gasteiger partial charge in [0.05, 0.1) is 0 Å². The first-order valence-electron chi connectivity index (χ1n) is 5.98. The molecule has 0 radical (unpaired) electrons. The van der Waals surface area contributed by atoms with Crippen LogP contribution in [0.3, 0.4) is 0 Å². The van der Waals surface area contributed by atoms with Crippen LogP contribution in [-0.4, -0.2) is 0 Å². The van der Waals surface area contributed by atoms with Gasteiger partial charge < -0.3 is 0 Å². The smallest absolute Gasteiger partial charge is 0.0126 e. The van der Waals surface area contributed by atoms with Crippen molar-refractivity contribution in [2.45, 2.75) is 39.0 Å². The van der Waals surface area contributed by atoms with Crippen molar-refractivity contribution >= 4 is 6.08 Å². The standard InChI is InChI=1S/C16H20/c1-5-12-9-10-13-7-6-8-15(14(13)11-12)16(2,3)4/h5-8,11H,1,9-10H2,2-4H3. The molecule has 0 spiro atoms. The van der Waals surface area contributed by atoms with Crippen LogP contribution in [0.2, 0.25) is 0 Å². The van der Waals surface area contributed by atoms with Crippen molar-refractivity contribution in [1.29, 1.82) is 0 Å². The van der Waals surface area contributed by atoms with Gasteiger partial charge in [-0.25, -0.2) is 0 Å². The summed E-state index contributed by atoms with van der Waals surface area (Å²) in [6.45, 7) is 10.7. The number of aryl methyl sites for hydroxylation is 1. The number of allylic oxidation sites excluding steroid dienone is 2. The van der Waals surface area contributed by atoms with E-state index in [9.17, 15) is 0 Å². The van der Waals surface area contributed by atoms with E-state index in [1.165, 1.54) is 22.3 Å². The molecule has 0 heteroatoms. The Bertz CT molecular complexity index is 442. The lowest BCUT2D eigenvalue weighted by atomic mass is 9.79. The maximum absolute atomic E-state index is 3.88. The first-order chi connectivity index (χ1) is 7.52. The molecule has 0 heterocycles. The lowest BCUT2D eigenvalue weighted by Crippen LogP contribution is -2.15. The Morgan fingerprint density at radius 3 is 2.56 bits per heavy atom. The second kappa shape index (κ2) is 3.93. The molecule has 1 aromatic rings. The number of benzene rings is 1. The number of hydrogen-bond donors (Lipinski definition) is 0. The molecule has 1 aliphatic rings. The number of hydrogen-bond acceptors (Lipinski definition) is 0. The van der Waals surface area contributed by atoms with E-state index in [2.05, 4.69) is 51.6 Å². The van der Waals surface area contributed by atoms with E-state index in [0.717, 1.165) is 12.8 Å². The summed E-state index contributed by atoms with van der Waals surface area (Å²) in [6, 6.07) is 6.69. The molecule has 0 amide bonds. The zero-order chi connectivity index (χ0) is 11.8. The van der Waals surface area contributed by atoms with Crippen molar-refractivity contribution in [3.8, 4) is 0 Å².